The second-order valence-electron chi connectivity index (χ2n) is 9.06. The van der Waals surface area contributed by atoms with E-state index in [9.17, 15) is 9.59 Å². The van der Waals surface area contributed by atoms with Gasteiger partial charge in [0.05, 0.1) is 0 Å². The molecule has 0 radical (unpaired) electrons. The molecule has 168 valence electrons. The van der Waals surface area contributed by atoms with Gasteiger partial charge in [-0.1, -0.05) is 35.9 Å². The van der Waals surface area contributed by atoms with Crippen molar-refractivity contribution in [1.29, 1.82) is 0 Å². The SMILES string of the molecule is Cc1ccc(Nc2cc(C)nc([C@H]3CCN(C(=O)CN4Cc5ccccc5C4=O)C3)c2)cc1. The van der Waals surface area contributed by atoms with Gasteiger partial charge in [-0.3, -0.25) is 14.6 Å². The number of hydrogen-bond acceptors (Lipinski definition) is 4. The molecule has 1 atom stereocenters. The molecule has 6 nitrogen and oxygen atoms in total. The second kappa shape index (κ2) is 8.70. The van der Waals surface area contributed by atoms with Gasteiger partial charge in [-0.15, -0.1) is 0 Å². The van der Waals surface area contributed by atoms with Crippen LogP contribution in [-0.4, -0.2) is 46.2 Å². The molecule has 3 aromatic rings. The van der Waals surface area contributed by atoms with Gasteiger partial charge in [0.25, 0.3) is 5.91 Å². The van der Waals surface area contributed by atoms with Gasteiger partial charge in [0.1, 0.15) is 6.54 Å². The first-order valence-corrected chi connectivity index (χ1v) is 11.4. The van der Waals surface area contributed by atoms with Gasteiger partial charge in [-0.25, -0.2) is 0 Å². The van der Waals surface area contributed by atoms with E-state index in [1.54, 1.807) is 4.90 Å². The maximum absolute atomic E-state index is 13.0. The number of pyridine rings is 1. The fourth-order valence-electron chi connectivity index (χ4n) is 4.71. The third-order valence-corrected chi connectivity index (χ3v) is 6.50. The Kier molecular flexibility index (Phi) is 5.58. The summed E-state index contributed by atoms with van der Waals surface area (Å²) in [5.41, 5.74) is 6.93. The normalized spacial score (nSPS) is 17.4. The van der Waals surface area contributed by atoms with E-state index in [1.807, 2.05) is 42.2 Å². The highest BCUT2D eigenvalue weighted by Gasteiger charge is 2.33. The van der Waals surface area contributed by atoms with Crippen molar-refractivity contribution < 1.29 is 9.59 Å². The largest absolute Gasteiger partial charge is 0.355 e. The lowest BCUT2D eigenvalue weighted by atomic mass is 10.0. The summed E-state index contributed by atoms with van der Waals surface area (Å²) in [5, 5.41) is 3.47. The molecule has 0 saturated carbocycles. The summed E-state index contributed by atoms with van der Waals surface area (Å²) < 4.78 is 0. The molecule has 0 bridgehead atoms. The van der Waals surface area contributed by atoms with E-state index in [0.29, 0.717) is 25.2 Å². The van der Waals surface area contributed by atoms with Crippen molar-refractivity contribution in [2.75, 3.05) is 25.0 Å². The summed E-state index contributed by atoms with van der Waals surface area (Å²) in [7, 11) is 0. The molecule has 5 rings (SSSR count). The van der Waals surface area contributed by atoms with Crippen LogP contribution in [0.3, 0.4) is 0 Å². The Morgan fingerprint density at radius 3 is 2.64 bits per heavy atom. The third-order valence-electron chi connectivity index (χ3n) is 6.50. The van der Waals surface area contributed by atoms with Gasteiger partial charge in [-0.05, 0) is 56.2 Å². The number of carbonyl (C=O) groups is 2. The van der Waals surface area contributed by atoms with E-state index in [0.717, 1.165) is 34.7 Å². The van der Waals surface area contributed by atoms with Crippen molar-refractivity contribution >= 4 is 23.2 Å². The van der Waals surface area contributed by atoms with Crippen LogP contribution in [0.1, 0.15) is 45.2 Å². The average Bonchev–Trinajstić information content (AvgIpc) is 3.41. The number of nitrogens with one attached hydrogen (secondary N) is 1. The van der Waals surface area contributed by atoms with E-state index in [-0.39, 0.29) is 24.3 Å². The molecule has 1 N–H and O–H groups in total. The van der Waals surface area contributed by atoms with E-state index in [2.05, 4.69) is 42.6 Å². The summed E-state index contributed by atoms with van der Waals surface area (Å²) >= 11 is 0. The van der Waals surface area contributed by atoms with Crippen LogP contribution in [0.2, 0.25) is 0 Å². The minimum Gasteiger partial charge on any atom is -0.355 e. The van der Waals surface area contributed by atoms with Gasteiger partial charge in [0.15, 0.2) is 0 Å². The zero-order valence-electron chi connectivity index (χ0n) is 19.0. The highest BCUT2D eigenvalue weighted by Crippen LogP contribution is 2.30. The monoisotopic (exact) mass is 440 g/mol. The molecule has 0 unspecified atom stereocenters. The molecule has 1 fully saturated rings. The fourth-order valence-corrected chi connectivity index (χ4v) is 4.71. The standard InChI is InChI=1S/C27H28N4O2/c1-18-7-9-22(10-8-18)29-23-13-19(2)28-25(14-23)21-11-12-30(16-21)26(32)17-31-15-20-5-3-4-6-24(20)27(31)33/h3-10,13-14,21H,11-12,15-17H2,1-2H3,(H,28,29)/t21-/m0/s1. The number of benzene rings is 2. The topological polar surface area (TPSA) is 65.5 Å². The lowest BCUT2D eigenvalue weighted by Crippen LogP contribution is -2.39. The molecule has 2 aromatic carbocycles. The molecule has 0 spiro atoms. The number of carbonyl (C=O) groups excluding carboxylic acids is 2. The predicted octanol–water partition coefficient (Wildman–Crippen LogP) is 4.41. The summed E-state index contributed by atoms with van der Waals surface area (Å²) in [6.07, 6.45) is 0.875. The van der Waals surface area contributed by atoms with Crippen LogP contribution in [0, 0.1) is 13.8 Å². The number of hydrogen-bond donors (Lipinski definition) is 1. The molecule has 2 amide bonds. The number of nitrogens with zero attached hydrogens (tertiary/aromatic N) is 3. The lowest BCUT2D eigenvalue weighted by Gasteiger charge is -2.21. The van der Waals surface area contributed by atoms with Gasteiger partial charge >= 0.3 is 0 Å². The van der Waals surface area contributed by atoms with Crippen LogP contribution >= 0.6 is 0 Å². The van der Waals surface area contributed by atoms with Gasteiger partial charge in [0.2, 0.25) is 5.91 Å². The van der Waals surface area contributed by atoms with E-state index >= 15 is 0 Å². The first kappa shape index (κ1) is 21.2. The van der Waals surface area contributed by atoms with Crippen molar-refractivity contribution in [2.24, 2.45) is 0 Å². The summed E-state index contributed by atoms with van der Waals surface area (Å²) in [4.78, 5) is 33.9. The van der Waals surface area contributed by atoms with Crippen molar-refractivity contribution in [3.05, 3.63) is 88.7 Å². The lowest BCUT2D eigenvalue weighted by molar-refractivity contribution is -0.130. The van der Waals surface area contributed by atoms with E-state index in [4.69, 9.17) is 4.98 Å². The average molecular weight is 441 g/mol. The molecule has 2 aliphatic heterocycles. The molecule has 2 aliphatic rings. The van der Waals surface area contributed by atoms with E-state index in [1.165, 1.54) is 5.56 Å². The molecule has 6 heteroatoms. The van der Waals surface area contributed by atoms with Crippen molar-refractivity contribution in [3.63, 3.8) is 0 Å². The molecular weight excluding hydrogens is 412 g/mol. The van der Waals surface area contributed by atoms with Crippen LogP contribution in [-0.2, 0) is 11.3 Å². The summed E-state index contributed by atoms with van der Waals surface area (Å²) in [6, 6.07) is 20.0. The van der Waals surface area contributed by atoms with Gasteiger partial charge in [-0.2, -0.15) is 0 Å². The summed E-state index contributed by atoms with van der Waals surface area (Å²) in [6.45, 7) is 6.03. The zero-order valence-corrected chi connectivity index (χ0v) is 19.0. The van der Waals surface area contributed by atoms with Crippen LogP contribution in [0.15, 0.2) is 60.7 Å². The highest BCUT2D eigenvalue weighted by molar-refractivity contribution is 6.00. The molecule has 1 aromatic heterocycles. The first-order valence-electron chi connectivity index (χ1n) is 11.4. The maximum atomic E-state index is 13.0. The Bertz CT molecular complexity index is 1200. The number of rotatable bonds is 5. The molecular formula is C27H28N4O2. The minimum atomic E-state index is -0.0538. The quantitative estimate of drug-likeness (QED) is 0.638. The number of aromatic nitrogens is 1. The van der Waals surface area contributed by atoms with Crippen LogP contribution in [0.4, 0.5) is 11.4 Å². The number of amides is 2. The Morgan fingerprint density at radius 1 is 1.06 bits per heavy atom. The van der Waals surface area contributed by atoms with Crippen LogP contribution in [0.25, 0.3) is 0 Å². The highest BCUT2D eigenvalue weighted by atomic mass is 16.2. The van der Waals surface area contributed by atoms with Crippen LogP contribution < -0.4 is 5.32 Å². The molecule has 1 saturated heterocycles. The first-order chi connectivity index (χ1) is 16.0. The molecule has 0 aliphatic carbocycles. The number of likely N-dealkylation sites (tertiary alicyclic amines) is 1. The summed E-state index contributed by atoms with van der Waals surface area (Å²) in [5.74, 6) is 0.144. The van der Waals surface area contributed by atoms with Crippen LogP contribution in [0.5, 0.6) is 0 Å². The predicted molar refractivity (Wildman–Crippen MR) is 129 cm³/mol. The smallest absolute Gasteiger partial charge is 0.254 e. The minimum absolute atomic E-state index is 0.00399. The Labute approximate surface area is 194 Å². The Morgan fingerprint density at radius 2 is 1.85 bits per heavy atom. The zero-order chi connectivity index (χ0) is 22.9. The fraction of sp³-hybridized carbons (Fsp3) is 0.296. The van der Waals surface area contributed by atoms with Crippen molar-refractivity contribution in [1.82, 2.24) is 14.8 Å². The Hall–Kier alpha value is -3.67. The van der Waals surface area contributed by atoms with Crippen molar-refractivity contribution in [3.8, 4) is 0 Å². The molecule has 33 heavy (non-hydrogen) atoms. The number of fused-ring (bicyclic) bond motifs is 1. The second-order valence-corrected chi connectivity index (χ2v) is 9.06. The number of aryl methyl sites for hydroxylation is 2. The molecule has 3 heterocycles. The maximum Gasteiger partial charge on any atom is 0.254 e. The van der Waals surface area contributed by atoms with Gasteiger partial charge < -0.3 is 15.1 Å². The Balaban J connectivity index is 1.23. The third kappa shape index (κ3) is 4.46. The van der Waals surface area contributed by atoms with Gasteiger partial charge in [0, 0.05) is 53.9 Å². The van der Waals surface area contributed by atoms with E-state index < -0.39 is 0 Å². The van der Waals surface area contributed by atoms with Crippen molar-refractivity contribution in [2.45, 2.75) is 32.7 Å². The number of anilines is 2.